The Morgan fingerprint density at radius 2 is 1.81 bits per heavy atom. The molecule has 1 amide bonds. The maximum atomic E-state index is 12.3. The van der Waals surface area contributed by atoms with Gasteiger partial charge in [-0.3, -0.25) is 4.79 Å². The van der Waals surface area contributed by atoms with E-state index in [1.54, 1.807) is 30.3 Å². The maximum absolute atomic E-state index is 12.3. The Morgan fingerprint density at radius 1 is 1.03 bits per heavy atom. The molecule has 8 heteroatoms. The fourth-order valence-electron chi connectivity index (χ4n) is 2.85. The number of fused-ring (bicyclic) bond motifs is 1. The molecule has 1 N–H and O–H groups in total. The van der Waals surface area contributed by atoms with Crippen molar-refractivity contribution in [2.45, 2.75) is 20.3 Å². The van der Waals surface area contributed by atoms with Crippen molar-refractivity contribution >= 4 is 17.6 Å². The Morgan fingerprint density at radius 3 is 2.55 bits per heavy atom. The highest BCUT2D eigenvalue weighted by Crippen LogP contribution is 2.32. The van der Waals surface area contributed by atoms with E-state index in [4.69, 9.17) is 23.7 Å². The zero-order valence-electron chi connectivity index (χ0n) is 17.9. The van der Waals surface area contributed by atoms with E-state index in [1.807, 2.05) is 0 Å². The molecule has 0 saturated heterocycles. The summed E-state index contributed by atoms with van der Waals surface area (Å²) in [5.74, 6) is 1.59. The number of rotatable bonds is 9. The number of carbonyl (C=O) groups excluding carboxylic acids is 2. The Balaban J connectivity index is 1.53. The molecule has 31 heavy (non-hydrogen) atoms. The molecule has 1 heterocycles. The molecule has 1 aliphatic rings. The lowest BCUT2D eigenvalue weighted by Gasteiger charge is -2.19. The molecule has 3 rings (SSSR count). The Kier molecular flexibility index (Phi) is 7.59. The van der Waals surface area contributed by atoms with Gasteiger partial charge in [0.05, 0.1) is 19.3 Å². The van der Waals surface area contributed by atoms with Crippen LogP contribution in [0.1, 0.15) is 30.6 Å². The van der Waals surface area contributed by atoms with Crippen molar-refractivity contribution in [3.05, 3.63) is 42.0 Å². The van der Waals surface area contributed by atoms with Crippen LogP contribution in [0.25, 0.3) is 0 Å². The second-order valence-corrected chi connectivity index (χ2v) is 7.38. The lowest BCUT2D eigenvalue weighted by Crippen LogP contribution is -2.21. The molecule has 0 fully saturated rings. The van der Waals surface area contributed by atoms with Crippen molar-refractivity contribution < 1.29 is 33.3 Å². The average Bonchev–Trinajstić information content (AvgIpc) is 2.77. The van der Waals surface area contributed by atoms with Gasteiger partial charge in [-0.1, -0.05) is 13.8 Å². The van der Waals surface area contributed by atoms with E-state index in [0.717, 1.165) is 6.42 Å². The first-order valence-electron chi connectivity index (χ1n) is 10.1. The average molecular weight is 429 g/mol. The summed E-state index contributed by atoms with van der Waals surface area (Å²) in [4.78, 5) is 24.5. The highest BCUT2D eigenvalue weighted by molar-refractivity contribution is 5.96. The van der Waals surface area contributed by atoms with Crippen LogP contribution in [0.3, 0.4) is 0 Å². The van der Waals surface area contributed by atoms with E-state index in [2.05, 4.69) is 19.2 Å². The number of anilines is 1. The van der Waals surface area contributed by atoms with Gasteiger partial charge in [-0.15, -0.1) is 0 Å². The van der Waals surface area contributed by atoms with Gasteiger partial charge in [0.1, 0.15) is 13.2 Å². The monoisotopic (exact) mass is 429 g/mol. The zero-order valence-corrected chi connectivity index (χ0v) is 17.9. The predicted octanol–water partition coefficient (Wildman–Crippen LogP) is 3.69. The van der Waals surface area contributed by atoms with E-state index in [1.165, 1.54) is 13.2 Å². The number of amides is 1. The fraction of sp³-hybridized carbons (Fsp3) is 0.391. The zero-order chi connectivity index (χ0) is 22.2. The molecule has 0 saturated carbocycles. The number of esters is 1. The number of nitrogens with one attached hydrogen (secondary N) is 1. The van der Waals surface area contributed by atoms with Gasteiger partial charge in [0.15, 0.2) is 29.6 Å². The fourth-order valence-corrected chi connectivity index (χ4v) is 2.85. The van der Waals surface area contributed by atoms with Crippen molar-refractivity contribution in [3.63, 3.8) is 0 Å². The molecule has 0 spiro atoms. The summed E-state index contributed by atoms with van der Waals surface area (Å²) < 4.78 is 27.1. The molecular weight excluding hydrogens is 402 g/mol. The Hall–Kier alpha value is -3.42. The first-order valence-corrected chi connectivity index (χ1v) is 10.1. The molecule has 8 nitrogen and oxygen atoms in total. The van der Waals surface area contributed by atoms with Crippen LogP contribution < -0.4 is 24.3 Å². The molecule has 0 unspecified atom stereocenters. The molecular formula is C23H27NO7. The lowest BCUT2D eigenvalue weighted by atomic mass is 10.1. The summed E-state index contributed by atoms with van der Waals surface area (Å²) in [6.07, 6.45) is 0.908. The molecule has 166 valence electrons. The van der Waals surface area contributed by atoms with Crippen LogP contribution in [0.4, 0.5) is 5.69 Å². The van der Waals surface area contributed by atoms with Gasteiger partial charge in [0.25, 0.3) is 5.91 Å². The minimum atomic E-state index is -0.635. The maximum Gasteiger partial charge on any atom is 0.338 e. The van der Waals surface area contributed by atoms with Gasteiger partial charge < -0.3 is 29.0 Å². The van der Waals surface area contributed by atoms with Crippen molar-refractivity contribution in [2.24, 2.45) is 5.92 Å². The molecule has 2 aromatic carbocycles. The quantitative estimate of drug-likeness (QED) is 0.608. The summed E-state index contributed by atoms with van der Waals surface area (Å²) in [5, 5.41) is 2.67. The standard InChI is InChI=1S/C23H27NO7/c1-15(2)8-9-28-18-6-4-16(12-20(18)27-3)23(26)31-14-22(25)24-17-5-7-19-21(13-17)30-11-10-29-19/h4-7,12-13,15H,8-11,14H2,1-3H3,(H,24,25). The van der Waals surface area contributed by atoms with Crippen molar-refractivity contribution in [2.75, 3.05) is 38.9 Å². The lowest BCUT2D eigenvalue weighted by molar-refractivity contribution is -0.119. The van der Waals surface area contributed by atoms with Crippen molar-refractivity contribution in [3.8, 4) is 23.0 Å². The molecule has 1 aliphatic heterocycles. The highest BCUT2D eigenvalue weighted by Gasteiger charge is 2.16. The topological polar surface area (TPSA) is 92.3 Å². The number of methoxy groups -OCH3 is 1. The Labute approximate surface area is 181 Å². The first kappa shape index (κ1) is 22.3. The SMILES string of the molecule is COc1cc(C(=O)OCC(=O)Nc2ccc3c(c2)OCCO3)ccc1OCCC(C)C. The van der Waals surface area contributed by atoms with Crippen LogP contribution in [0.2, 0.25) is 0 Å². The molecule has 0 aromatic heterocycles. The van der Waals surface area contributed by atoms with Crippen LogP contribution in [-0.4, -0.2) is 45.4 Å². The normalized spacial score (nSPS) is 12.3. The Bertz CT molecular complexity index is 926. The smallest absolute Gasteiger partial charge is 0.338 e. The van der Waals surface area contributed by atoms with E-state index >= 15 is 0 Å². The summed E-state index contributed by atoms with van der Waals surface area (Å²) in [6, 6.07) is 9.84. The molecule has 0 atom stereocenters. The minimum absolute atomic E-state index is 0.264. The first-order chi connectivity index (χ1) is 15.0. The highest BCUT2D eigenvalue weighted by atomic mass is 16.6. The third-order valence-electron chi connectivity index (χ3n) is 4.51. The number of hydrogen-bond acceptors (Lipinski definition) is 7. The van der Waals surface area contributed by atoms with Crippen LogP contribution in [0.15, 0.2) is 36.4 Å². The molecule has 0 aliphatic carbocycles. The second kappa shape index (κ2) is 10.6. The van der Waals surface area contributed by atoms with Crippen LogP contribution in [0, 0.1) is 5.92 Å². The third-order valence-corrected chi connectivity index (χ3v) is 4.51. The van der Waals surface area contributed by atoms with Gasteiger partial charge in [-0.2, -0.15) is 0 Å². The van der Waals surface area contributed by atoms with Crippen molar-refractivity contribution in [1.82, 2.24) is 0 Å². The number of carbonyl (C=O) groups is 2. The van der Waals surface area contributed by atoms with Crippen LogP contribution in [-0.2, 0) is 9.53 Å². The van der Waals surface area contributed by atoms with E-state index in [9.17, 15) is 9.59 Å². The number of ether oxygens (including phenoxy) is 5. The van der Waals surface area contributed by atoms with Gasteiger partial charge in [-0.25, -0.2) is 4.79 Å². The van der Waals surface area contributed by atoms with Crippen molar-refractivity contribution in [1.29, 1.82) is 0 Å². The van der Waals surface area contributed by atoms with Gasteiger partial charge >= 0.3 is 5.97 Å². The van der Waals surface area contributed by atoms with E-state index in [0.29, 0.717) is 54.4 Å². The van der Waals surface area contributed by atoms with Crippen LogP contribution in [0.5, 0.6) is 23.0 Å². The molecule has 2 aromatic rings. The van der Waals surface area contributed by atoms with Gasteiger partial charge in [-0.05, 0) is 42.7 Å². The summed E-state index contributed by atoms with van der Waals surface area (Å²) in [5.41, 5.74) is 0.787. The van der Waals surface area contributed by atoms with E-state index in [-0.39, 0.29) is 5.56 Å². The summed E-state index contributed by atoms with van der Waals surface area (Å²) in [7, 11) is 1.50. The summed E-state index contributed by atoms with van der Waals surface area (Å²) in [6.45, 7) is 5.30. The van der Waals surface area contributed by atoms with Gasteiger partial charge in [0, 0.05) is 11.8 Å². The minimum Gasteiger partial charge on any atom is -0.493 e. The number of benzene rings is 2. The molecule has 0 radical (unpaired) electrons. The second-order valence-electron chi connectivity index (χ2n) is 7.38. The molecule has 0 bridgehead atoms. The number of hydrogen-bond donors (Lipinski definition) is 1. The largest absolute Gasteiger partial charge is 0.493 e. The van der Waals surface area contributed by atoms with Crippen LogP contribution >= 0.6 is 0 Å². The summed E-state index contributed by atoms with van der Waals surface area (Å²) >= 11 is 0. The van der Waals surface area contributed by atoms with E-state index < -0.39 is 18.5 Å². The van der Waals surface area contributed by atoms with Gasteiger partial charge in [0.2, 0.25) is 0 Å². The predicted molar refractivity (Wildman–Crippen MR) is 114 cm³/mol. The third kappa shape index (κ3) is 6.28.